The van der Waals surface area contributed by atoms with E-state index in [1.54, 1.807) is 0 Å². The lowest BCUT2D eigenvalue weighted by Crippen LogP contribution is -2.44. The lowest BCUT2D eigenvalue weighted by molar-refractivity contribution is -0.138. The van der Waals surface area contributed by atoms with Gasteiger partial charge in [0.2, 0.25) is 11.8 Å². The van der Waals surface area contributed by atoms with Crippen LogP contribution in [-0.2, 0) is 14.4 Å². The van der Waals surface area contributed by atoms with Crippen molar-refractivity contribution in [3.8, 4) is 0 Å². The van der Waals surface area contributed by atoms with Gasteiger partial charge in [-0.2, -0.15) is 0 Å². The molecule has 1 saturated heterocycles. The molecule has 1 aliphatic heterocycles. The summed E-state index contributed by atoms with van der Waals surface area (Å²) >= 11 is 0. The molecule has 13 heavy (non-hydrogen) atoms. The quantitative estimate of drug-likeness (QED) is 0.439. The van der Waals surface area contributed by atoms with E-state index in [1.165, 1.54) is 0 Å². The van der Waals surface area contributed by atoms with E-state index < -0.39 is 5.91 Å². The van der Waals surface area contributed by atoms with Crippen LogP contribution >= 0.6 is 0 Å². The third-order valence-electron chi connectivity index (χ3n) is 1.74. The molecule has 74 valence electrons. The van der Waals surface area contributed by atoms with E-state index in [-0.39, 0.29) is 12.5 Å². The van der Waals surface area contributed by atoms with E-state index in [1.807, 2.05) is 0 Å². The number of hydrogen-bond donors (Lipinski definition) is 3. The fraction of sp³-hybridized carbons (Fsp3) is 0.714. The molecule has 0 aliphatic carbocycles. The van der Waals surface area contributed by atoms with Crippen LogP contribution < -0.4 is 16.5 Å². The fourth-order valence-corrected chi connectivity index (χ4v) is 0.984. The number of primary amides is 1. The zero-order valence-corrected chi connectivity index (χ0v) is 7.21. The third kappa shape index (κ3) is 3.86. The Balaban J connectivity index is 2.00. The first-order valence-electron chi connectivity index (χ1n) is 4.08. The lowest BCUT2D eigenvalue weighted by Gasteiger charge is -2.26. The van der Waals surface area contributed by atoms with Crippen LogP contribution in [0.3, 0.4) is 0 Å². The van der Waals surface area contributed by atoms with Gasteiger partial charge in [0.1, 0.15) is 0 Å². The molecule has 6 nitrogen and oxygen atoms in total. The molecule has 0 radical (unpaired) electrons. The lowest BCUT2D eigenvalue weighted by atomic mass is 9.99. The van der Waals surface area contributed by atoms with Gasteiger partial charge < -0.3 is 11.1 Å². The van der Waals surface area contributed by atoms with Crippen molar-refractivity contribution in [3.05, 3.63) is 0 Å². The van der Waals surface area contributed by atoms with Crippen molar-refractivity contribution in [3.63, 3.8) is 0 Å². The minimum Gasteiger partial charge on any atom is -0.368 e. The summed E-state index contributed by atoms with van der Waals surface area (Å²) in [7, 11) is 0. The molecule has 2 amide bonds. The van der Waals surface area contributed by atoms with Crippen LogP contribution in [0.15, 0.2) is 0 Å². The number of carbonyl (C=O) groups is 2. The number of amides is 2. The highest BCUT2D eigenvalue weighted by Crippen LogP contribution is 2.07. The van der Waals surface area contributed by atoms with Gasteiger partial charge in [-0.05, 0) is 19.0 Å². The minimum absolute atomic E-state index is 0.215. The summed E-state index contributed by atoms with van der Waals surface area (Å²) in [5, 5.41) is 3.05. The van der Waals surface area contributed by atoms with E-state index in [2.05, 4.69) is 15.6 Å². The van der Waals surface area contributed by atoms with Gasteiger partial charge in [0.05, 0.1) is 0 Å². The number of nitrogens with two attached hydrogens (primary N) is 1. The van der Waals surface area contributed by atoms with Crippen LogP contribution in [0.4, 0.5) is 0 Å². The topological polar surface area (TPSA) is 93.5 Å². The zero-order valence-electron chi connectivity index (χ0n) is 7.21. The maximum absolute atomic E-state index is 11.0. The average Bonchev–Trinajstić information content (AvgIpc) is 1.96. The Bertz CT molecular complexity index is 203. The van der Waals surface area contributed by atoms with Crippen molar-refractivity contribution in [2.75, 3.05) is 19.7 Å². The smallest absolute Gasteiger partial charge is 0.246 e. The molecular weight excluding hydrogens is 174 g/mol. The van der Waals surface area contributed by atoms with Crippen molar-refractivity contribution < 1.29 is 14.4 Å². The Morgan fingerprint density at radius 2 is 2.23 bits per heavy atom. The second kappa shape index (κ2) is 4.78. The zero-order chi connectivity index (χ0) is 9.68. The predicted octanol–water partition coefficient (Wildman–Crippen LogP) is -1.87. The Labute approximate surface area is 75.8 Å². The van der Waals surface area contributed by atoms with Crippen molar-refractivity contribution >= 4 is 11.8 Å². The van der Waals surface area contributed by atoms with Gasteiger partial charge in [0.25, 0.3) is 0 Å². The summed E-state index contributed by atoms with van der Waals surface area (Å²) in [6.07, 6.45) is 0.422. The van der Waals surface area contributed by atoms with Crippen LogP contribution in [0.5, 0.6) is 0 Å². The Morgan fingerprint density at radius 1 is 1.54 bits per heavy atom. The molecule has 0 unspecified atom stereocenters. The van der Waals surface area contributed by atoms with E-state index in [0.29, 0.717) is 12.3 Å². The first-order chi connectivity index (χ1) is 6.18. The molecule has 0 atom stereocenters. The SMILES string of the molecule is NC(=O)CONC(=O)CC1CNC1. The number of rotatable bonds is 5. The largest absolute Gasteiger partial charge is 0.368 e. The van der Waals surface area contributed by atoms with Gasteiger partial charge in [-0.15, -0.1) is 0 Å². The number of hydroxylamine groups is 1. The van der Waals surface area contributed by atoms with Gasteiger partial charge >= 0.3 is 0 Å². The molecule has 0 bridgehead atoms. The summed E-state index contributed by atoms with van der Waals surface area (Å²) in [5.74, 6) is -0.435. The maximum atomic E-state index is 11.0. The van der Waals surface area contributed by atoms with Crippen molar-refractivity contribution in [1.29, 1.82) is 0 Å². The highest BCUT2D eigenvalue weighted by molar-refractivity contribution is 5.77. The standard InChI is InChI=1S/C7H13N3O3/c8-6(11)4-13-10-7(12)1-5-2-9-3-5/h5,9H,1-4H2,(H2,8,11)(H,10,12). The summed E-state index contributed by atoms with van der Waals surface area (Å²) in [6, 6.07) is 0. The summed E-state index contributed by atoms with van der Waals surface area (Å²) < 4.78 is 0. The monoisotopic (exact) mass is 187 g/mol. The Kier molecular flexibility index (Phi) is 3.66. The first kappa shape index (κ1) is 9.94. The third-order valence-corrected chi connectivity index (χ3v) is 1.74. The van der Waals surface area contributed by atoms with E-state index >= 15 is 0 Å². The summed E-state index contributed by atoms with van der Waals surface area (Å²) in [4.78, 5) is 25.7. The van der Waals surface area contributed by atoms with E-state index in [4.69, 9.17) is 5.73 Å². The second-order valence-corrected chi connectivity index (χ2v) is 3.01. The first-order valence-corrected chi connectivity index (χ1v) is 4.08. The van der Waals surface area contributed by atoms with Gasteiger partial charge in [-0.3, -0.25) is 14.4 Å². The molecule has 1 fully saturated rings. The Morgan fingerprint density at radius 3 is 2.69 bits per heavy atom. The maximum Gasteiger partial charge on any atom is 0.246 e. The fourth-order valence-electron chi connectivity index (χ4n) is 0.984. The van der Waals surface area contributed by atoms with Gasteiger partial charge in [0.15, 0.2) is 6.61 Å². The van der Waals surface area contributed by atoms with Crippen molar-refractivity contribution in [2.24, 2.45) is 11.7 Å². The van der Waals surface area contributed by atoms with Gasteiger partial charge in [-0.25, -0.2) is 5.48 Å². The normalized spacial score (nSPS) is 16.3. The van der Waals surface area contributed by atoms with Crippen molar-refractivity contribution in [1.82, 2.24) is 10.8 Å². The van der Waals surface area contributed by atoms with E-state index in [0.717, 1.165) is 13.1 Å². The molecule has 0 aromatic rings. The molecule has 0 aromatic carbocycles. The molecule has 0 saturated carbocycles. The van der Waals surface area contributed by atoms with Gasteiger partial charge in [0, 0.05) is 6.42 Å². The van der Waals surface area contributed by atoms with Crippen LogP contribution in [0.2, 0.25) is 0 Å². The van der Waals surface area contributed by atoms with Gasteiger partial charge in [-0.1, -0.05) is 0 Å². The second-order valence-electron chi connectivity index (χ2n) is 3.01. The van der Waals surface area contributed by atoms with E-state index in [9.17, 15) is 9.59 Å². The van der Waals surface area contributed by atoms with Crippen LogP contribution in [0.25, 0.3) is 0 Å². The average molecular weight is 187 g/mol. The molecule has 0 aromatic heterocycles. The highest BCUT2D eigenvalue weighted by Gasteiger charge is 2.19. The summed E-state index contributed by atoms with van der Waals surface area (Å²) in [5.41, 5.74) is 6.94. The van der Waals surface area contributed by atoms with Crippen LogP contribution in [-0.4, -0.2) is 31.5 Å². The molecule has 1 heterocycles. The minimum atomic E-state index is -0.606. The predicted molar refractivity (Wildman–Crippen MR) is 44.3 cm³/mol. The van der Waals surface area contributed by atoms with Crippen LogP contribution in [0, 0.1) is 5.92 Å². The molecule has 1 rings (SSSR count). The highest BCUT2D eigenvalue weighted by atomic mass is 16.7. The number of hydrogen-bond acceptors (Lipinski definition) is 4. The molecule has 0 spiro atoms. The molecule has 1 aliphatic rings. The number of carbonyl (C=O) groups excluding carboxylic acids is 2. The number of nitrogens with one attached hydrogen (secondary N) is 2. The molecule has 6 heteroatoms. The summed E-state index contributed by atoms with van der Waals surface area (Å²) in [6.45, 7) is 1.45. The molecule has 4 N–H and O–H groups in total. The Hall–Kier alpha value is -1.14. The van der Waals surface area contributed by atoms with Crippen LogP contribution in [0.1, 0.15) is 6.42 Å². The molecular formula is C7H13N3O3. The van der Waals surface area contributed by atoms with Crippen molar-refractivity contribution in [2.45, 2.75) is 6.42 Å².